The van der Waals surface area contributed by atoms with Gasteiger partial charge in [-0.05, 0) is 50.5 Å². The van der Waals surface area contributed by atoms with Crippen molar-refractivity contribution in [1.82, 2.24) is 14.8 Å². The molecule has 2 heterocycles. The fourth-order valence-electron chi connectivity index (χ4n) is 3.78. The second-order valence-electron chi connectivity index (χ2n) is 7.82. The minimum atomic E-state index is 0.0536. The van der Waals surface area contributed by atoms with E-state index in [2.05, 4.69) is 11.1 Å². The van der Waals surface area contributed by atoms with Crippen LogP contribution in [0.2, 0.25) is 0 Å². The van der Waals surface area contributed by atoms with E-state index >= 15 is 0 Å². The van der Waals surface area contributed by atoms with Crippen molar-refractivity contribution in [2.45, 2.75) is 32.6 Å². The average Bonchev–Trinajstić information content (AvgIpc) is 3.19. The number of benzene rings is 2. The standard InChI is InChI=1S/C24H27N3O2S/c1-18-10-12-19(13-11-18)24(29)27-16-14-26(15-17-27)23(28)9-5-4-8-22-25-20-6-2-3-7-21(20)30-22/h2-3,6-7,10-13H,4-5,8-9,14-17H2,1H3. The van der Waals surface area contributed by atoms with E-state index in [4.69, 9.17) is 0 Å². The fourth-order valence-corrected chi connectivity index (χ4v) is 4.78. The zero-order valence-electron chi connectivity index (χ0n) is 17.3. The van der Waals surface area contributed by atoms with Gasteiger partial charge in [0.2, 0.25) is 5.91 Å². The number of hydrogen-bond donors (Lipinski definition) is 0. The molecule has 0 aliphatic carbocycles. The molecule has 0 atom stereocenters. The smallest absolute Gasteiger partial charge is 0.253 e. The van der Waals surface area contributed by atoms with Gasteiger partial charge in [0, 0.05) is 38.2 Å². The highest BCUT2D eigenvalue weighted by atomic mass is 32.1. The molecular formula is C24H27N3O2S. The lowest BCUT2D eigenvalue weighted by Gasteiger charge is -2.35. The van der Waals surface area contributed by atoms with Gasteiger partial charge in [-0.15, -0.1) is 11.3 Å². The number of fused-ring (bicyclic) bond motifs is 1. The van der Waals surface area contributed by atoms with Crippen molar-refractivity contribution in [3.05, 3.63) is 64.7 Å². The molecule has 1 aliphatic heterocycles. The summed E-state index contributed by atoms with van der Waals surface area (Å²) in [5.41, 5.74) is 2.92. The monoisotopic (exact) mass is 421 g/mol. The van der Waals surface area contributed by atoms with E-state index in [0.29, 0.717) is 32.6 Å². The SMILES string of the molecule is Cc1ccc(C(=O)N2CCN(C(=O)CCCCc3nc4ccccc4s3)CC2)cc1. The van der Waals surface area contributed by atoms with Gasteiger partial charge in [-0.1, -0.05) is 29.8 Å². The van der Waals surface area contributed by atoms with Gasteiger partial charge < -0.3 is 9.80 Å². The van der Waals surface area contributed by atoms with Crippen LogP contribution in [0.4, 0.5) is 0 Å². The highest BCUT2D eigenvalue weighted by Gasteiger charge is 2.24. The number of carbonyl (C=O) groups excluding carboxylic acids is 2. The predicted octanol–water partition coefficient (Wildman–Crippen LogP) is 4.30. The second kappa shape index (κ2) is 9.39. The Morgan fingerprint density at radius 1 is 0.933 bits per heavy atom. The van der Waals surface area contributed by atoms with Crippen LogP contribution in [0, 0.1) is 6.92 Å². The Morgan fingerprint density at radius 3 is 2.37 bits per heavy atom. The van der Waals surface area contributed by atoms with Crippen LogP contribution in [-0.2, 0) is 11.2 Å². The van der Waals surface area contributed by atoms with Crippen LogP contribution < -0.4 is 0 Å². The third-order valence-electron chi connectivity index (χ3n) is 5.59. The normalized spacial score (nSPS) is 14.3. The molecular weight excluding hydrogens is 394 g/mol. The van der Waals surface area contributed by atoms with Crippen LogP contribution in [0.15, 0.2) is 48.5 Å². The minimum absolute atomic E-state index is 0.0536. The van der Waals surface area contributed by atoms with Crippen molar-refractivity contribution in [3.63, 3.8) is 0 Å². The maximum atomic E-state index is 12.6. The predicted molar refractivity (Wildman–Crippen MR) is 121 cm³/mol. The molecule has 6 heteroatoms. The first-order chi connectivity index (χ1) is 14.6. The first kappa shape index (κ1) is 20.5. The number of unbranched alkanes of at least 4 members (excludes halogenated alkanes) is 1. The summed E-state index contributed by atoms with van der Waals surface area (Å²) in [5, 5.41) is 1.15. The number of piperazine rings is 1. The fraction of sp³-hybridized carbons (Fsp3) is 0.375. The molecule has 156 valence electrons. The van der Waals surface area contributed by atoms with Gasteiger partial charge in [-0.2, -0.15) is 0 Å². The molecule has 1 aromatic heterocycles. The van der Waals surface area contributed by atoms with Crippen LogP contribution in [-0.4, -0.2) is 52.8 Å². The van der Waals surface area contributed by atoms with E-state index < -0.39 is 0 Å². The van der Waals surface area contributed by atoms with Gasteiger partial charge in [0.1, 0.15) is 0 Å². The van der Waals surface area contributed by atoms with E-state index in [1.54, 1.807) is 11.3 Å². The Morgan fingerprint density at radius 2 is 1.63 bits per heavy atom. The second-order valence-corrected chi connectivity index (χ2v) is 8.94. The summed E-state index contributed by atoms with van der Waals surface area (Å²) in [6.07, 6.45) is 3.33. The average molecular weight is 422 g/mol. The molecule has 0 saturated carbocycles. The van der Waals surface area contributed by atoms with Gasteiger partial charge in [-0.3, -0.25) is 9.59 Å². The molecule has 0 unspecified atom stereocenters. The summed E-state index contributed by atoms with van der Waals surface area (Å²) in [6.45, 7) is 4.45. The van der Waals surface area contributed by atoms with Crippen LogP contribution >= 0.6 is 11.3 Å². The number of aromatic nitrogens is 1. The number of nitrogens with zero attached hydrogens (tertiary/aromatic N) is 3. The molecule has 30 heavy (non-hydrogen) atoms. The summed E-state index contributed by atoms with van der Waals surface area (Å²) >= 11 is 1.74. The van der Waals surface area contributed by atoms with E-state index in [1.807, 2.05) is 59.2 Å². The summed E-state index contributed by atoms with van der Waals surface area (Å²) < 4.78 is 1.22. The van der Waals surface area contributed by atoms with Gasteiger partial charge in [0.25, 0.3) is 5.91 Å². The number of carbonyl (C=O) groups is 2. The minimum Gasteiger partial charge on any atom is -0.339 e. The molecule has 1 fully saturated rings. The van der Waals surface area contributed by atoms with E-state index in [1.165, 1.54) is 4.70 Å². The van der Waals surface area contributed by atoms with Crippen molar-refractivity contribution < 1.29 is 9.59 Å². The molecule has 4 rings (SSSR count). The first-order valence-corrected chi connectivity index (χ1v) is 11.4. The Balaban J connectivity index is 1.19. The van der Waals surface area contributed by atoms with Crippen LogP contribution in [0.25, 0.3) is 10.2 Å². The largest absolute Gasteiger partial charge is 0.339 e. The molecule has 0 spiro atoms. The number of hydrogen-bond acceptors (Lipinski definition) is 4. The number of amides is 2. The van der Waals surface area contributed by atoms with Crippen molar-refractivity contribution in [2.24, 2.45) is 0 Å². The maximum Gasteiger partial charge on any atom is 0.253 e. The van der Waals surface area contributed by atoms with Gasteiger partial charge in [0.15, 0.2) is 0 Å². The third-order valence-corrected chi connectivity index (χ3v) is 6.68. The molecule has 1 saturated heterocycles. The van der Waals surface area contributed by atoms with Crippen LogP contribution in [0.3, 0.4) is 0 Å². The number of aryl methyl sites for hydroxylation is 2. The molecule has 0 radical (unpaired) electrons. The zero-order chi connectivity index (χ0) is 20.9. The molecule has 1 aliphatic rings. The van der Waals surface area contributed by atoms with Gasteiger partial charge >= 0.3 is 0 Å². The van der Waals surface area contributed by atoms with Gasteiger partial charge in [0.05, 0.1) is 15.2 Å². The first-order valence-electron chi connectivity index (χ1n) is 10.6. The molecule has 2 aromatic carbocycles. The van der Waals surface area contributed by atoms with Crippen molar-refractivity contribution in [2.75, 3.05) is 26.2 Å². The number of rotatable bonds is 6. The summed E-state index contributed by atoms with van der Waals surface area (Å²) in [6, 6.07) is 15.9. The highest BCUT2D eigenvalue weighted by Crippen LogP contribution is 2.23. The van der Waals surface area contributed by atoms with Crippen LogP contribution in [0.5, 0.6) is 0 Å². The molecule has 0 bridgehead atoms. The topological polar surface area (TPSA) is 53.5 Å². The van der Waals surface area contributed by atoms with Crippen molar-refractivity contribution in [3.8, 4) is 0 Å². The Labute approximate surface area is 181 Å². The molecule has 3 aromatic rings. The lowest BCUT2D eigenvalue weighted by atomic mass is 10.1. The molecule has 2 amide bonds. The van der Waals surface area contributed by atoms with Crippen molar-refractivity contribution in [1.29, 1.82) is 0 Å². The Hall–Kier alpha value is -2.73. The Kier molecular flexibility index (Phi) is 6.43. The number of para-hydroxylation sites is 1. The quantitative estimate of drug-likeness (QED) is 0.558. The summed E-state index contributed by atoms with van der Waals surface area (Å²) in [4.78, 5) is 33.6. The highest BCUT2D eigenvalue weighted by molar-refractivity contribution is 7.18. The zero-order valence-corrected chi connectivity index (χ0v) is 18.2. The summed E-state index contributed by atoms with van der Waals surface area (Å²) in [7, 11) is 0. The number of thiazole rings is 1. The van der Waals surface area contributed by atoms with Crippen LogP contribution in [0.1, 0.15) is 40.2 Å². The summed E-state index contributed by atoms with van der Waals surface area (Å²) in [5.74, 6) is 0.250. The van der Waals surface area contributed by atoms with E-state index in [9.17, 15) is 9.59 Å². The van der Waals surface area contributed by atoms with E-state index in [0.717, 1.165) is 40.9 Å². The van der Waals surface area contributed by atoms with Crippen molar-refractivity contribution >= 4 is 33.4 Å². The van der Waals surface area contributed by atoms with Gasteiger partial charge in [-0.25, -0.2) is 4.98 Å². The molecule has 0 N–H and O–H groups in total. The lowest BCUT2D eigenvalue weighted by Crippen LogP contribution is -2.50. The van der Waals surface area contributed by atoms with E-state index in [-0.39, 0.29) is 11.8 Å². The Bertz CT molecular complexity index is 987. The lowest BCUT2D eigenvalue weighted by molar-refractivity contribution is -0.132. The third kappa shape index (κ3) is 4.87. The molecule has 5 nitrogen and oxygen atoms in total. The maximum absolute atomic E-state index is 12.6.